The van der Waals surface area contributed by atoms with E-state index in [0.717, 1.165) is 18.6 Å². The van der Waals surface area contributed by atoms with E-state index in [9.17, 15) is 4.79 Å². The van der Waals surface area contributed by atoms with E-state index in [0.29, 0.717) is 25.7 Å². The molecule has 0 N–H and O–H groups in total. The van der Waals surface area contributed by atoms with Gasteiger partial charge in [-0.2, -0.15) is 0 Å². The first-order valence-electron chi connectivity index (χ1n) is 11.6. The standard InChI is InChI=1S/C25H43NO4Si/c1-10-28-22-13-11-19(12-14-22)15-20-16-21(18-29-31(8,9)25(5,6)7)26(17-20)23(27)30-24(2,3)4/h11-14,20-21H,10,15-18H2,1-9H3/t20-,21-/m0/s1. The van der Waals surface area contributed by atoms with Crippen molar-refractivity contribution in [3.05, 3.63) is 29.8 Å². The lowest BCUT2D eigenvalue weighted by Gasteiger charge is -2.38. The molecule has 0 aromatic heterocycles. The molecular formula is C25H43NO4Si. The summed E-state index contributed by atoms with van der Waals surface area (Å²) in [7, 11) is -1.89. The van der Waals surface area contributed by atoms with Crippen LogP contribution in [-0.4, -0.2) is 50.7 Å². The van der Waals surface area contributed by atoms with E-state index in [-0.39, 0.29) is 17.2 Å². The number of carbonyl (C=O) groups excluding carboxylic acids is 1. The highest BCUT2D eigenvalue weighted by atomic mass is 28.4. The van der Waals surface area contributed by atoms with Gasteiger partial charge >= 0.3 is 6.09 Å². The number of carbonyl (C=O) groups is 1. The first-order valence-corrected chi connectivity index (χ1v) is 14.5. The summed E-state index contributed by atoms with van der Waals surface area (Å²) in [5.74, 6) is 1.28. The van der Waals surface area contributed by atoms with Gasteiger partial charge in [-0.15, -0.1) is 0 Å². The number of amides is 1. The summed E-state index contributed by atoms with van der Waals surface area (Å²) in [6.07, 6.45) is 1.63. The maximum absolute atomic E-state index is 13.0. The normalized spacial score (nSPS) is 20.1. The summed E-state index contributed by atoms with van der Waals surface area (Å²) in [6.45, 7) is 20.9. The van der Waals surface area contributed by atoms with Crippen molar-refractivity contribution in [1.29, 1.82) is 0 Å². The summed E-state index contributed by atoms with van der Waals surface area (Å²) in [6, 6.07) is 8.36. The third kappa shape index (κ3) is 7.53. The number of rotatable bonds is 7. The van der Waals surface area contributed by atoms with Crippen LogP contribution in [0, 0.1) is 5.92 Å². The van der Waals surface area contributed by atoms with Crippen LogP contribution in [0.1, 0.15) is 60.5 Å². The highest BCUT2D eigenvalue weighted by Gasteiger charge is 2.41. The van der Waals surface area contributed by atoms with Crippen LogP contribution in [0.25, 0.3) is 0 Å². The minimum absolute atomic E-state index is 0.0525. The molecule has 1 amide bonds. The quantitative estimate of drug-likeness (QED) is 0.460. The van der Waals surface area contributed by atoms with Crippen molar-refractivity contribution in [2.75, 3.05) is 19.8 Å². The Morgan fingerprint density at radius 3 is 2.23 bits per heavy atom. The number of hydrogen-bond acceptors (Lipinski definition) is 4. The zero-order valence-electron chi connectivity index (χ0n) is 21.1. The minimum Gasteiger partial charge on any atom is -0.494 e. The molecule has 2 atom stereocenters. The van der Waals surface area contributed by atoms with Crippen molar-refractivity contribution in [3.8, 4) is 5.75 Å². The predicted molar refractivity (Wildman–Crippen MR) is 129 cm³/mol. The first-order chi connectivity index (χ1) is 14.2. The lowest BCUT2D eigenvalue weighted by atomic mass is 9.97. The van der Waals surface area contributed by atoms with Gasteiger partial charge in [0, 0.05) is 6.54 Å². The molecule has 5 nitrogen and oxygen atoms in total. The zero-order valence-corrected chi connectivity index (χ0v) is 22.1. The summed E-state index contributed by atoms with van der Waals surface area (Å²) in [5, 5.41) is 0.143. The molecule has 1 saturated heterocycles. The number of likely N-dealkylation sites (tertiary alicyclic amines) is 1. The molecule has 1 aliphatic rings. The molecule has 1 heterocycles. The Balaban J connectivity index is 2.10. The predicted octanol–water partition coefficient (Wildman–Crippen LogP) is 6.28. The van der Waals surface area contributed by atoms with Gasteiger partial charge in [-0.3, -0.25) is 0 Å². The van der Waals surface area contributed by atoms with Crippen molar-refractivity contribution in [3.63, 3.8) is 0 Å². The van der Waals surface area contributed by atoms with Crippen molar-refractivity contribution in [2.45, 2.75) is 91.1 Å². The van der Waals surface area contributed by atoms with E-state index in [4.69, 9.17) is 13.9 Å². The van der Waals surface area contributed by atoms with E-state index in [1.54, 1.807) is 0 Å². The molecule has 31 heavy (non-hydrogen) atoms. The molecule has 0 spiro atoms. The van der Waals surface area contributed by atoms with Crippen LogP contribution < -0.4 is 4.74 Å². The van der Waals surface area contributed by atoms with E-state index >= 15 is 0 Å². The molecule has 0 unspecified atom stereocenters. The lowest BCUT2D eigenvalue weighted by molar-refractivity contribution is 0.0178. The third-order valence-electron chi connectivity index (χ3n) is 6.33. The molecule has 1 aliphatic heterocycles. The van der Waals surface area contributed by atoms with E-state index in [2.05, 4.69) is 46.0 Å². The molecule has 6 heteroatoms. The summed E-state index contributed by atoms with van der Waals surface area (Å²) < 4.78 is 17.8. The van der Waals surface area contributed by atoms with Gasteiger partial charge < -0.3 is 18.8 Å². The Kier molecular flexibility index (Phi) is 8.25. The highest BCUT2D eigenvalue weighted by Crippen LogP contribution is 2.38. The van der Waals surface area contributed by atoms with Crippen molar-refractivity contribution < 1.29 is 18.7 Å². The highest BCUT2D eigenvalue weighted by molar-refractivity contribution is 6.74. The molecular weight excluding hydrogens is 406 g/mol. The van der Waals surface area contributed by atoms with Crippen LogP contribution in [0.5, 0.6) is 5.75 Å². The molecule has 2 rings (SSSR count). The number of benzene rings is 1. The molecule has 0 aliphatic carbocycles. The van der Waals surface area contributed by atoms with Crippen LogP contribution in [0.15, 0.2) is 24.3 Å². The SMILES string of the molecule is CCOc1ccc(C[C@H]2C[C@@H](CO[Si](C)(C)C(C)(C)C)N(C(=O)OC(C)(C)C)C2)cc1. The second-order valence-corrected chi connectivity index (χ2v) is 16.0. The second-order valence-electron chi connectivity index (χ2n) is 11.2. The van der Waals surface area contributed by atoms with Gasteiger partial charge in [0.2, 0.25) is 0 Å². The number of hydrogen-bond donors (Lipinski definition) is 0. The summed E-state index contributed by atoms with van der Waals surface area (Å²) in [5.41, 5.74) is 0.762. The maximum Gasteiger partial charge on any atom is 0.410 e. The third-order valence-corrected chi connectivity index (χ3v) is 10.8. The van der Waals surface area contributed by atoms with E-state index in [1.165, 1.54) is 5.56 Å². The van der Waals surface area contributed by atoms with Crippen LogP contribution in [0.4, 0.5) is 4.79 Å². The molecule has 0 bridgehead atoms. The van der Waals surface area contributed by atoms with Gasteiger partial charge in [0.15, 0.2) is 8.32 Å². The Labute approximate surface area is 190 Å². The van der Waals surface area contributed by atoms with Gasteiger partial charge in [0.25, 0.3) is 0 Å². The van der Waals surface area contributed by atoms with Crippen LogP contribution in [-0.2, 0) is 15.6 Å². The minimum atomic E-state index is -1.89. The fourth-order valence-electron chi connectivity index (χ4n) is 3.61. The Morgan fingerprint density at radius 2 is 1.71 bits per heavy atom. The fraction of sp³-hybridized carbons (Fsp3) is 0.720. The molecule has 0 saturated carbocycles. The van der Waals surface area contributed by atoms with Gasteiger partial charge in [-0.05, 0) is 82.3 Å². The Bertz CT molecular complexity index is 719. The van der Waals surface area contributed by atoms with E-state index in [1.807, 2.05) is 44.7 Å². The number of ether oxygens (including phenoxy) is 2. The van der Waals surface area contributed by atoms with Crippen LogP contribution >= 0.6 is 0 Å². The fourth-order valence-corrected chi connectivity index (χ4v) is 4.65. The lowest BCUT2D eigenvalue weighted by Crippen LogP contribution is -2.46. The maximum atomic E-state index is 13.0. The monoisotopic (exact) mass is 449 g/mol. The average Bonchev–Trinajstić information content (AvgIpc) is 3.02. The van der Waals surface area contributed by atoms with Gasteiger partial charge in [-0.1, -0.05) is 32.9 Å². The van der Waals surface area contributed by atoms with Crippen molar-refractivity contribution in [1.82, 2.24) is 4.90 Å². The Morgan fingerprint density at radius 1 is 1.10 bits per heavy atom. The second kappa shape index (κ2) is 9.95. The first kappa shape index (κ1) is 25.7. The molecule has 176 valence electrons. The van der Waals surface area contributed by atoms with Crippen molar-refractivity contribution >= 4 is 14.4 Å². The topological polar surface area (TPSA) is 48.0 Å². The molecule has 0 radical (unpaired) electrons. The largest absolute Gasteiger partial charge is 0.494 e. The molecule has 1 aromatic carbocycles. The van der Waals surface area contributed by atoms with Crippen molar-refractivity contribution in [2.24, 2.45) is 5.92 Å². The average molecular weight is 450 g/mol. The Hall–Kier alpha value is -1.53. The van der Waals surface area contributed by atoms with Gasteiger partial charge in [-0.25, -0.2) is 4.79 Å². The molecule has 1 aromatic rings. The summed E-state index contributed by atoms with van der Waals surface area (Å²) >= 11 is 0. The smallest absolute Gasteiger partial charge is 0.410 e. The van der Waals surface area contributed by atoms with Gasteiger partial charge in [0.05, 0.1) is 19.3 Å². The van der Waals surface area contributed by atoms with E-state index < -0.39 is 13.9 Å². The molecule has 1 fully saturated rings. The van der Waals surface area contributed by atoms with Crippen LogP contribution in [0.2, 0.25) is 18.1 Å². The summed E-state index contributed by atoms with van der Waals surface area (Å²) in [4.78, 5) is 14.9. The zero-order chi connectivity index (χ0) is 23.4. The number of nitrogens with zero attached hydrogens (tertiary/aromatic N) is 1. The van der Waals surface area contributed by atoms with Gasteiger partial charge in [0.1, 0.15) is 11.4 Å². The van der Waals surface area contributed by atoms with Crippen LogP contribution in [0.3, 0.4) is 0 Å².